The highest BCUT2D eigenvalue weighted by Crippen LogP contribution is 2.35. The number of benzene rings is 1. The summed E-state index contributed by atoms with van der Waals surface area (Å²) < 4.78 is 31.3. The molecule has 5 atom stereocenters. The van der Waals surface area contributed by atoms with Gasteiger partial charge in [-0.05, 0) is 31.4 Å². The predicted octanol–water partition coefficient (Wildman–Crippen LogP) is -0.676. The van der Waals surface area contributed by atoms with E-state index in [0.29, 0.717) is 30.3 Å². The van der Waals surface area contributed by atoms with E-state index >= 15 is 0 Å². The fourth-order valence-electron chi connectivity index (χ4n) is 3.19. The Morgan fingerprint density at radius 1 is 1.03 bits per heavy atom. The monoisotopic (exact) mass is 444 g/mol. The highest BCUT2D eigenvalue weighted by Gasteiger charge is 2.44. The zero-order chi connectivity index (χ0) is 22.2. The molecule has 1 aromatic rings. The summed E-state index contributed by atoms with van der Waals surface area (Å²) in [5, 5.41) is 38.5. The Morgan fingerprint density at radius 3 is 2.61 bits per heavy atom. The molecule has 31 heavy (non-hydrogen) atoms. The van der Waals surface area contributed by atoms with Crippen molar-refractivity contribution in [2.24, 2.45) is 0 Å². The molecule has 0 aromatic heterocycles. The summed E-state index contributed by atoms with van der Waals surface area (Å²) in [6.07, 6.45) is -4.84. The van der Waals surface area contributed by atoms with Crippen LogP contribution in [0.3, 0.4) is 0 Å². The van der Waals surface area contributed by atoms with Crippen molar-refractivity contribution < 1.29 is 53.6 Å². The molecule has 2 heterocycles. The van der Waals surface area contributed by atoms with Gasteiger partial charge in [0.1, 0.15) is 36.8 Å². The van der Waals surface area contributed by atoms with E-state index in [1.807, 2.05) is 6.07 Å². The Labute approximate surface area is 179 Å². The van der Waals surface area contributed by atoms with Crippen LogP contribution in [0.5, 0.6) is 17.2 Å². The number of aliphatic hydroxyl groups excluding tert-OH is 4. The molecule has 174 valence electrons. The Kier molecular flexibility index (Phi) is 8.69. The van der Waals surface area contributed by atoms with Gasteiger partial charge < -0.3 is 48.8 Å². The molecule has 11 nitrogen and oxygen atoms in total. The molecule has 1 aromatic carbocycles. The summed E-state index contributed by atoms with van der Waals surface area (Å²) in [5.41, 5.74) is 0. The number of carbonyl (C=O) groups excluding carboxylic acids is 1. The van der Waals surface area contributed by atoms with Crippen LogP contribution in [0.4, 0.5) is 0 Å². The highest BCUT2D eigenvalue weighted by atomic mass is 16.7. The largest absolute Gasteiger partial charge is 0.493 e. The Hall–Kier alpha value is -2.15. The number of rotatable bonds is 11. The Balaban J connectivity index is 1.25. The molecule has 4 N–H and O–H groups in total. The molecule has 3 rings (SSSR count). The SMILES string of the molecule is O=C(CO[C@H]1[C@H](O)[C@@H](CO)OC(O)[C@@H]1O)OCCCCCOc1ccc2c(c1)OCO2. The molecule has 0 saturated carbocycles. The summed E-state index contributed by atoms with van der Waals surface area (Å²) in [6.45, 7) is -0.188. The summed E-state index contributed by atoms with van der Waals surface area (Å²) in [7, 11) is 0. The van der Waals surface area contributed by atoms with Crippen LogP contribution in [0.1, 0.15) is 19.3 Å². The number of hydrogen-bond acceptors (Lipinski definition) is 11. The molecule has 0 spiro atoms. The van der Waals surface area contributed by atoms with Gasteiger partial charge in [0, 0.05) is 6.07 Å². The normalized spacial score (nSPS) is 27.2. The zero-order valence-electron chi connectivity index (χ0n) is 16.9. The van der Waals surface area contributed by atoms with Crippen molar-refractivity contribution in [2.45, 2.75) is 50.0 Å². The summed E-state index contributed by atoms with van der Waals surface area (Å²) >= 11 is 0. The molecule has 0 bridgehead atoms. The lowest BCUT2D eigenvalue weighted by Crippen LogP contribution is -2.59. The molecule has 1 fully saturated rings. The minimum absolute atomic E-state index is 0.187. The van der Waals surface area contributed by atoms with E-state index in [9.17, 15) is 20.1 Å². The lowest BCUT2D eigenvalue weighted by atomic mass is 9.99. The molecule has 0 aliphatic carbocycles. The predicted molar refractivity (Wildman–Crippen MR) is 103 cm³/mol. The number of aliphatic hydroxyl groups is 4. The second-order valence-electron chi connectivity index (χ2n) is 7.15. The Morgan fingerprint density at radius 2 is 1.81 bits per heavy atom. The van der Waals surface area contributed by atoms with Crippen molar-refractivity contribution in [3.8, 4) is 17.2 Å². The van der Waals surface area contributed by atoms with Gasteiger partial charge in [0.25, 0.3) is 0 Å². The van der Waals surface area contributed by atoms with Gasteiger partial charge in [-0.15, -0.1) is 0 Å². The summed E-state index contributed by atoms with van der Waals surface area (Å²) in [6, 6.07) is 5.38. The topological polar surface area (TPSA) is 153 Å². The van der Waals surface area contributed by atoms with Crippen molar-refractivity contribution in [1.82, 2.24) is 0 Å². The minimum Gasteiger partial charge on any atom is -0.493 e. The molecule has 2 aliphatic heterocycles. The van der Waals surface area contributed by atoms with Crippen LogP contribution in [-0.2, 0) is 19.0 Å². The number of esters is 1. The van der Waals surface area contributed by atoms with Gasteiger partial charge in [-0.3, -0.25) is 0 Å². The van der Waals surface area contributed by atoms with E-state index < -0.39 is 49.9 Å². The van der Waals surface area contributed by atoms with E-state index in [0.717, 1.165) is 12.8 Å². The van der Waals surface area contributed by atoms with Crippen LogP contribution in [0, 0.1) is 0 Å². The number of ether oxygens (including phenoxy) is 6. The third kappa shape index (κ3) is 6.42. The van der Waals surface area contributed by atoms with Gasteiger partial charge in [0.05, 0.1) is 19.8 Å². The molecular formula is C20H28O11. The fraction of sp³-hybridized carbons (Fsp3) is 0.650. The first kappa shape index (κ1) is 23.5. The van der Waals surface area contributed by atoms with Crippen LogP contribution >= 0.6 is 0 Å². The highest BCUT2D eigenvalue weighted by molar-refractivity contribution is 5.70. The number of fused-ring (bicyclic) bond motifs is 1. The van der Waals surface area contributed by atoms with Crippen molar-refractivity contribution in [1.29, 1.82) is 0 Å². The standard InChI is InChI=1S/C20H28O11/c21-9-15-17(23)19(18(24)20(25)31-15)28-10-16(22)27-7-3-1-2-6-26-12-4-5-13-14(8-12)30-11-29-13/h4-5,8,15,17-21,23-25H,1-3,6-7,9-11H2/t15-,17-,18-,19+,20?/m1/s1. The fourth-order valence-corrected chi connectivity index (χ4v) is 3.19. The maximum atomic E-state index is 11.8. The average molecular weight is 444 g/mol. The smallest absolute Gasteiger partial charge is 0.332 e. The van der Waals surface area contributed by atoms with Gasteiger partial charge in [0.2, 0.25) is 6.79 Å². The van der Waals surface area contributed by atoms with Crippen LogP contribution in [0.15, 0.2) is 18.2 Å². The van der Waals surface area contributed by atoms with Crippen molar-refractivity contribution in [3.05, 3.63) is 18.2 Å². The van der Waals surface area contributed by atoms with Gasteiger partial charge in [-0.2, -0.15) is 0 Å². The van der Waals surface area contributed by atoms with Gasteiger partial charge in [-0.1, -0.05) is 0 Å². The maximum Gasteiger partial charge on any atom is 0.332 e. The second-order valence-corrected chi connectivity index (χ2v) is 7.15. The van der Waals surface area contributed by atoms with Crippen LogP contribution in [0.25, 0.3) is 0 Å². The van der Waals surface area contributed by atoms with Crippen molar-refractivity contribution in [2.75, 3.05) is 33.2 Å². The lowest BCUT2D eigenvalue weighted by molar-refractivity contribution is -0.294. The minimum atomic E-state index is -1.64. The molecule has 11 heteroatoms. The van der Waals surface area contributed by atoms with E-state index in [2.05, 4.69) is 0 Å². The zero-order valence-corrected chi connectivity index (χ0v) is 16.9. The first-order chi connectivity index (χ1) is 15.0. The van der Waals surface area contributed by atoms with Gasteiger partial charge in [0.15, 0.2) is 17.8 Å². The third-order valence-electron chi connectivity index (χ3n) is 4.90. The molecular weight excluding hydrogens is 416 g/mol. The first-order valence-electron chi connectivity index (χ1n) is 10.1. The number of hydrogen-bond donors (Lipinski definition) is 4. The molecule has 2 aliphatic rings. The number of unbranched alkanes of at least 4 members (excludes halogenated alkanes) is 2. The summed E-state index contributed by atoms with van der Waals surface area (Å²) in [4.78, 5) is 11.8. The van der Waals surface area contributed by atoms with Gasteiger partial charge >= 0.3 is 5.97 Å². The van der Waals surface area contributed by atoms with Crippen molar-refractivity contribution >= 4 is 5.97 Å². The number of carbonyl (C=O) groups is 1. The third-order valence-corrected chi connectivity index (χ3v) is 4.90. The molecule has 1 saturated heterocycles. The molecule has 0 amide bonds. The lowest BCUT2D eigenvalue weighted by Gasteiger charge is -2.39. The Bertz CT molecular complexity index is 712. The van der Waals surface area contributed by atoms with Crippen LogP contribution < -0.4 is 14.2 Å². The second kappa shape index (κ2) is 11.5. The van der Waals surface area contributed by atoms with E-state index in [1.165, 1.54) is 0 Å². The molecule has 1 unspecified atom stereocenters. The first-order valence-corrected chi connectivity index (χ1v) is 10.1. The maximum absolute atomic E-state index is 11.8. The van der Waals surface area contributed by atoms with E-state index in [4.69, 9.17) is 33.5 Å². The average Bonchev–Trinajstić information content (AvgIpc) is 3.23. The van der Waals surface area contributed by atoms with Crippen molar-refractivity contribution in [3.63, 3.8) is 0 Å². The van der Waals surface area contributed by atoms with Crippen LogP contribution in [-0.4, -0.2) is 90.3 Å². The summed E-state index contributed by atoms with van der Waals surface area (Å²) in [5.74, 6) is 1.38. The van der Waals surface area contributed by atoms with Gasteiger partial charge in [-0.25, -0.2) is 4.79 Å². The van der Waals surface area contributed by atoms with E-state index in [-0.39, 0.29) is 13.4 Å². The van der Waals surface area contributed by atoms with Crippen LogP contribution in [0.2, 0.25) is 0 Å². The molecule has 0 radical (unpaired) electrons. The quantitative estimate of drug-likeness (QED) is 0.254. The van der Waals surface area contributed by atoms with E-state index in [1.54, 1.807) is 12.1 Å².